The standard InChI is InChI=1S/C15H13Br2FO2/c1-20-15-5-2-9(6-12(15)17)7-14(19)10-3-4-13(18)11(16)8-10/h2-6,8,14,19H,7H2,1H3. The van der Waals surface area contributed by atoms with Gasteiger partial charge in [0.15, 0.2) is 0 Å². The first-order valence-corrected chi connectivity index (χ1v) is 7.55. The van der Waals surface area contributed by atoms with E-state index in [-0.39, 0.29) is 5.82 Å². The van der Waals surface area contributed by atoms with Gasteiger partial charge in [0, 0.05) is 6.42 Å². The molecule has 0 radical (unpaired) electrons. The van der Waals surface area contributed by atoms with Crippen LogP contribution in [0, 0.1) is 5.82 Å². The fourth-order valence-corrected chi connectivity index (χ4v) is 2.88. The Morgan fingerprint density at radius 1 is 1.15 bits per heavy atom. The van der Waals surface area contributed by atoms with Crippen molar-refractivity contribution < 1.29 is 14.2 Å². The van der Waals surface area contributed by atoms with Crippen molar-refractivity contribution in [3.05, 3.63) is 62.3 Å². The van der Waals surface area contributed by atoms with Crippen LogP contribution in [0.5, 0.6) is 5.75 Å². The van der Waals surface area contributed by atoms with E-state index in [1.807, 2.05) is 18.2 Å². The van der Waals surface area contributed by atoms with E-state index < -0.39 is 6.10 Å². The van der Waals surface area contributed by atoms with E-state index in [4.69, 9.17) is 4.74 Å². The van der Waals surface area contributed by atoms with Gasteiger partial charge in [-0.25, -0.2) is 4.39 Å². The SMILES string of the molecule is COc1ccc(CC(O)c2ccc(F)c(Br)c2)cc1Br. The number of hydrogen-bond donors (Lipinski definition) is 1. The summed E-state index contributed by atoms with van der Waals surface area (Å²) in [6.07, 6.45) is -0.243. The third-order valence-electron chi connectivity index (χ3n) is 2.97. The predicted octanol–water partition coefficient (Wildman–Crippen LogP) is 4.64. The van der Waals surface area contributed by atoms with Crippen molar-refractivity contribution in [1.29, 1.82) is 0 Å². The van der Waals surface area contributed by atoms with Crippen LogP contribution >= 0.6 is 31.9 Å². The van der Waals surface area contributed by atoms with Crippen LogP contribution in [0.15, 0.2) is 45.3 Å². The molecule has 2 aromatic rings. The van der Waals surface area contributed by atoms with Crippen molar-refractivity contribution in [3.8, 4) is 5.75 Å². The summed E-state index contributed by atoms with van der Waals surface area (Å²) in [5.41, 5.74) is 1.64. The maximum absolute atomic E-state index is 13.2. The van der Waals surface area contributed by atoms with Gasteiger partial charge in [-0.1, -0.05) is 12.1 Å². The largest absolute Gasteiger partial charge is 0.496 e. The fraction of sp³-hybridized carbons (Fsp3) is 0.200. The molecule has 0 saturated carbocycles. The second-order valence-electron chi connectivity index (χ2n) is 4.36. The van der Waals surface area contributed by atoms with E-state index in [9.17, 15) is 9.50 Å². The topological polar surface area (TPSA) is 29.5 Å². The normalized spacial score (nSPS) is 12.2. The number of aliphatic hydroxyl groups excluding tert-OH is 1. The molecule has 20 heavy (non-hydrogen) atoms. The fourth-order valence-electron chi connectivity index (χ4n) is 1.90. The monoisotopic (exact) mass is 402 g/mol. The van der Waals surface area contributed by atoms with Crippen LogP contribution in [0.1, 0.15) is 17.2 Å². The Morgan fingerprint density at radius 3 is 2.50 bits per heavy atom. The van der Waals surface area contributed by atoms with Crippen molar-refractivity contribution in [1.82, 2.24) is 0 Å². The zero-order valence-corrected chi connectivity index (χ0v) is 13.9. The van der Waals surface area contributed by atoms with Gasteiger partial charge in [0.05, 0.1) is 22.2 Å². The van der Waals surface area contributed by atoms with E-state index >= 15 is 0 Å². The van der Waals surface area contributed by atoms with Crippen molar-refractivity contribution in [2.24, 2.45) is 0 Å². The molecule has 1 unspecified atom stereocenters. The van der Waals surface area contributed by atoms with E-state index in [0.29, 0.717) is 16.5 Å². The lowest BCUT2D eigenvalue weighted by Crippen LogP contribution is -2.02. The Labute approximate surface area is 133 Å². The summed E-state index contributed by atoms with van der Waals surface area (Å²) in [5.74, 6) is 0.404. The second kappa shape index (κ2) is 6.70. The first-order chi connectivity index (χ1) is 9.51. The Hall–Kier alpha value is -0.910. The van der Waals surface area contributed by atoms with Crippen molar-refractivity contribution >= 4 is 31.9 Å². The van der Waals surface area contributed by atoms with Crippen molar-refractivity contribution in [2.45, 2.75) is 12.5 Å². The Bertz CT molecular complexity index is 617. The zero-order chi connectivity index (χ0) is 14.7. The van der Waals surface area contributed by atoms with Gasteiger partial charge < -0.3 is 9.84 Å². The molecule has 0 spiro atoms. The highest BCUT2D eigenvalue weighted by Gasteiger charge is 2.12. The van der Waals surface area contributed by atoms with Crippen LogP contribution in [0.2, 0.25) is 0 Å². The molecule has 2 rings (SSSR count). The molecule has 1 atom stereocenters. The number of methoxy groups -OCH3 is 1. The number of hydrogen-bond acceptors (Lipinski definition) is 2. The van der Waals surface area contributed by atoms with Crippen LogP contribution < -0.4 is 4.74 Å². The molecule has 106 valence electrons. The maximum atomic E-state index is 13.2. The van der Waals surface area contributed by atoms with Crippen molar-refractivity contribution in [3.63, 3.8) is 0 Å². The molecule has 2 aromatic carbocycles. The molecule has 0 saturated heterocycles. The molecule has 0 amide bonds. The molecule has 0 aliphatic heterocycles. The third-order valence-corrected chi connectivity index (χ3v) is 4.20. The lowest BCUT2D eigenvalue weighted by atomic mass is 10.0. The first-order valence-electron chi connectivity index (χ1n) is 5.96. The predicted molar refractivity (Wildman–Crippen MR) is 83.5 cm³/mol. The molecule has 2 nitrogen and oxygen atoms in total. The number of aliphatic hydroxyl groups is 1. The molecule has 0 aliphatic rings. The highest BCUT2D eigenvalue weighted by Crippen LogP contribution is 2.28. The molecule has 0 aromatic heterocycles. The van der Waals surface area contributed by atoms with Crippen molar-refractivity contribution in [2.75, 3.05) is 7.11 Å². The Balaban J connectivity index is 2.16. The lowest BCUT2D eigenvalue weighted by Gasteiger charge is -2.13. The summed E-state index contributed by atoms with van der Waals surface area (Å²) < 4.78 is 19.5. The molecular formula is C15H13Br2FO2. The molecule has 0 fully saturated rings. The van der Waals surface area contributed by atoms with Gasteiger partial charge in [0.2, 0.25) is 0 Å². The van der Waals surface area contributed by atoms with Crippen LogP contribution in [0.4, 0.5) is 4.39 Å². The second-order valence-corrected chi connectivity index (χ2v) is 6.07. The van der Waals surface area contributed by atoms with Gasteiger partial charge in [0.25, 0.3) is 0 Å². The highest BCUT2D eigenvalue weighted by atomic mass is 79.9. The molecule has 0 bridgehead atoms. The summed E-state index contributed by atoms with van der Waals surface area (Å²) in [7, 11) is 1.60. The summed E-state index contributed by atoms with van der Waals surface area (Å²) in [5, 5.41) is 10.2. The minimum Gasteiger partial charge on any atom is -0.496 e. The van der Waals surface area contributed by atoms with E-state index in [1.165, 1.54) is 6.07 Å². The Morgan fingerprint density at radius 2 is 1.90 bits per heavy atom. The third kappa shape index (κ3) is 3.59. The van der Waals surface area contributed by atoms with Gasteiger partial charge in [-0.3, -0.25) is 0 Å². The van der Waals surface area contributed by atoms with Gasteiger partial charge >= 0.3 is 0 Å². The van der Waals surface area contributed by atoms with Gasteiger partial charge in [-0.15, -0.1) is 0 Å². The average Bonchev–Trinajstić information content (AvgIpc) is 2.42. The minimum absolute atomic E-state index is 0.340. The number of rotatable bonds is 4. The Kier molecular flexibility index (Phi) is 5.18. The van der Waals surface area contributed by atoms with Gasteiger partial charge in [-0.2, -0.15) is 0 Å². The maximum Gasteiger partial charge on any atom is 0.137 e. The number of halogens is 3. The number of benzene rings is 2. The average molecular weight is 404 g/mol. The molecule has 1 N–H and O–H groups in total. The smallest absolute Gasteiger partial charge is 0.137 e. The summed E-state index contributed by atoms with van der Waals surface area (Å²) in [6, 6.07) is 10.2. The van der Waals surface area contributed by atoms with Crippen LogP contribution in [-0.2, 0) is 6.42 Å². The first kappa shape index (κ1) is 15.5. The van der Waals surface area contributed by atoms with Crippen LogP contribution in [0.3, 0.4) is 0 Å². The molecule has 5 heteroatoms. The number of ether oxygens (including phenoxy) is 1. The molecular weight excluding hydrogens is 391 g/mol. The summed E-state index contributed by atoms with van der Waals surface area (Å²) in [4.78, 5) is 0. The lowest BCUT2D eigenvalue weighted by molar-refractivity contribution is 0.178. The molecule has 0 heterocycles. The van der Waals surface area contributed by atoms with E-state index in [2.05, 4.69) is 31.9 Å². The zero-order valence-electron chi connectivity index (χ0n) is 10.7. The quantitative estimate of drug-likeness (QED) is 0.805. The minimum atomic E-state index is -0.688. The van der Waals surface area contributed by atoms with E-state index in [0.717, 1.165) is 15.8 Å². The highest BCUT2D eigenvalue weighted by molar-refractivity contribution is 9.10. The van der Waals surface area contributed by atoms with Crippen LogP contribution in [0.25, 0.3) is 0 Å². The molecule has 0 aliphatic carbocycles. The van der Waals surface area contributed by atoms with Gasteiger partial charge in [-0.05, 0) is 67.3 Å². The summed E-state index contributed by atoms with van der Waals surface area (Å²) >= 11 is 6.53. The van der Waals surface area contributed by atoms with E-state index in [1.54, 1.807) is 19.2 Å². The summed E-state index contributed by atoms with van der Waals surface area (Å²) in [6.45, 7) is 0. The van der Waals surface area contributed by atoms with Gasteiger partial charge in [0.1, 0.15) is 11.6 Å². The van der Waals surface area contributed by atoms with Crippen LogP contribution in [-0.4, -0.2) is 12.2 Å².